The van der Waals surface area contributed by atoms with Gasteiger partial charge in [0.05, 0.1) is 29.3 Å². The highest BCUT2D eigenvalue weighted by Gasteiger charge is 2.38. The molecule has 0 bridgehead atoms. The molecular formula is C20H23N7O. The third-order valence-electron chi connectivity index (χ3n) is 5.05. The number of nitrogens with zero attached hydrogens (tertiary/aromatic N) is 6. The van der Waals surface area contributed by atoms with Crippen LogP contribution in [-0.4, -0.2) is 50.2 Å². The van der Waals surface area contributed by atoms with E-state index >= 15 is 0 Å². The summed E-state index contributed by atoms with van der Waals surface area (Å²) in [6.07, 6.45) is 5.87. The average Bonchev–Trinajstić information content (AvgIpc) is 3.20. The van der Waals surface area contributed by atoms with Crippen LogP contribution in [0.1, 0.15) is 27.2 Å². The normalized spacial score (nSPS) is 16.6. The Kier molecular flexibility index (Phi) is 4.54. The quantitative estimate of drug-likeness (QED) is 0.752. The highest BCUT2D eigenvalue weighted by atomic mass is 16.2. The summed E-state index contributed by atoms with van der Waals surface area (Å²) in [5, 5.41) is 7.18. The van der Waals surface area contributed by atoms with E-state index in [2.05, 4.69) is 38.9 Å². The standard InChI is InChI=1S/C20H23N7O/c1-5-15-20(28)26(4)16-11-22-18(24-19(16)27(15)12(2)3)13-10-23-25-17(13)14-8-6-7-9-21-14/h6-12,15H,5H2,1-4H3,(H,23,25). The van der Waals surface area contributed by atoms with E-state index in [0.29, 0.717) is 12.2 Å². The van der Waals surface area contributed by atoms with Gasteiger partial charge >= 0.3 is 0 Å². The zero-order valence-corrected chi connectivity index (χ0v) is 16.4. The van der Waals surface area contributed by atoms with Gasteiger partial charge in [-0.1, -0.05) is 13.0 Å². The zero-order chi connectivity index (χ0) is 19.8. The Morgan fingerprint density at radius 3 is 2.71 bits per heavy atom. The molecule has 0 aromatic carbocycles. The van der Waals surface area contributed by atoms with E-state index in [1.54, 1.807) is 30.5 Å². The second-order valence-electron chi connectivity index (χ2n) is 7.10. The van der Waals surface area contributed by atoms with Crippen LogP contribution in [0.2, 0.25) is 0 Å². The molecule has 0 fully saturated rings. The van der Waals surface area contributed by atoms with E-state index in [9.17, 15) is 4.79 Å². The number of anilines is 2. The van der Waals surface area contributed by atoms with Crippen LogP contribution in [0.4, 0.5) is 11.5 Å². The molecule has 0 spiro atoms. The van der Waals surface area contributed by atoms with E-state index in [0.717, 1.165) is 28.5 Å². The number of carbonyl (C=O) groups is 1. The summed E-state index contributed by atoms with van der Waals surface area (Å²) < 4.78 is 0. The fraction of sp³-hybridized carbons (Fsp3) is 0.350. The molecule has 0 saturated heterocycles. The van der Waals surface area contributed by atoms with Crippen LogP contribution in [0, 0.1) is 0 Å². The largest absolute Gasteiger partial charge is 0.340 e. The molecule has 1 atom stereocenters. The van der Waals surface area contributed by atoms with Gasteiger partial charge < -0.3 is 9.80 Å². The zero-order valence-electron chi connectivity index (χ0n) is 16.4. The fourth-order valence-electron chi connectivity index (χ4n) is 3.67. The number of carbonyl (C=O) groups excluding carboxylic acids is 1. The number of pyridine rings is 1. The molecule has 1 amide bonds. The maximum Gasteiger partial charge on any atom is 0.249 e. The molecule has 0 saturated carbocycles. The molecule has 4 rings (SSSR count). The van der Waals surface area contributed by atoms with Crippen LogP contribution in [0.15, 0.2) is 36.8 Å². The van der Waals surface area contributed by atoms with Crippen LogP contribution < -0.4 is 9.80 Å². The van der Waals surface area contributed by atoms with E-state index in [-0.39, 0.29) is 18.0 Å². The van der Waals surface area contributed by atoms with Gasteiger partial charge in [0.25, 0.3) is 0 Å². The minimum Gasteiger partial charge on any atom is -0.340 e. The molecule has 1 aliphatic rings. The van der Waals surface area contributed by atoms with E-state index in [4.69, 9.17) is 4.98 Å². The van der Waals surface area contributed by atoms with Crippen molar-refractivity contribution in [2.24, 2.45) is 0 Å². The molecule has 1 N–H and O–H groups in total. The number of nitrogens with one attached hydrogen (secondary N) is 1. The minimum absolute atomic E-state index is 0.0672. The van der Waals surface area contributed by atoms with Crippen LogP contribution in [-0.2, 0) is 4.79 Å². The summed E-state index contributed by atoms with van der Waals surface area (Å²) in [7, 11) is 1.78. The van der Waals surface area contributed by atoms with Crippen molar-refractivity contribution in [3.8, 4) is 22.8 Å². The molecule has 8 heteroatoms. The van der Waals surface area contributed by atoms with Crippen molar-refractivity contribution in [2.75, 3.05) is 16.8 Å². The maximum atomic E-state index is 12.8. The Bertz CT molecular complexity index is 999. The summed E-state index contributed by atoms with van der Waals surface area (Å²) in [6, 6.07) is 5.60. The molecule has 3 aromatic heterocycles. The molecule has 8 nitrogen and oxygen atoms in total. The predicted molar refractivity (Wildman–Crippen MR) is 108 cm³/mol. The third kappa shape index (κ3) is 2.81. The number of rotatable bonds is 4. The molecule has 1 aliphatic heterocycles. The number of fused-ring (bicyclic) bond motifs is 1. The van der Waals surface area contributed by atoms with Gasteiger partial charge in [-0.15, -0.1) is 0 Å². The first-order chi connectivity index (χ1) is 13.5. The van der Waals surface area contributed by atoms with Crippen molar-refractivity contribution in [1.82, 2.24) is 25.1 Å². The number of aromatic amines is 1. The lowest BCUT2D eigenvalue weighted by atomic mass is 10.1. The summed E-state index contributed by atoms with van der Waals surface area (Å²) in [4.78, 5) is 30.3. The molecule has 144 valence electrons. The van der Waals surface area contributed by atoms with Crippen LogP contribution >= 0.6 is 0 Å². The molecule has 4 heterocycles. The highest BCUT2D eigenvalue weighted by molar-refractivity contribution is 6.04. The van der Waals surface area contributed by atoms with Gasteiger partial charge in [-0.05, 0) is 32.4 Å². The molecule has 1 unspecified atom stereocenters. The Balaban J connectivity index is 1.85. The number of likely N-dealkylation sites (N-methyl/N-ethyl adjacent to an activating group) is 1. The number of hydrogen-bond acceptors (Lipinski definition) is 6. The van der Waals surface area contributed by atoms with Crippen molar-refractivity contribution < 1.29 is 4.79 Å². The number of hydrogen-bond donors (Lipinski definition) is 1. The lowest BCUT2D eigenvalue weighted by molar-refractivity contribution is -0.120. The van der Waals surface area contributed by atoms with Crippen molar-refractivity contribution in [3.05, 3.63) is 36.8 Å². The van der Waals surface area contributed by atoms with Crippen LogP contribution in [0.25, 0.3) is 22.8 Å². The molecular weight excluding hydrogens is 354 g/mol. The van der Waals surface area contributed by atoms with E-state index < -0.39 is 0 Å². The smallest absolute Gasteiger partial charge is 0.249 e. The summed E-state index contributed by atoms with van der Waals surface area (Å²) in [5.74, 6) is 1.39. The summed E-state index contributed by atoms with van der Waals surface area (Å²) in [5.41, 5.74) is 3.03. The molecule has 0 radical (unpaired) electrons. The lowest BCUT2D eigenvalue weighted by Crippen LogP contribution is -2.54. The first-order valence-electron chi connectivity index (χ1n) is 9.41. The minimum atomic E-state index is -0.236. The van der Waals surface area contributed by atoms with Crippen molar-refractivity contribution in [3.63, 3.8) is 0 Å². The van der Waals surface area contributed by atoms with Gasteiger partial charge in [0, 0.05) is 19.3 Å². The van der Waals surface area contributed by atoms with Gasteiger partial charge in [-0.25, -0.2) is 9.97 Å². The monoisotopic (exact) mass is 377 g/mol. The van der Waals surface area contributed by atoms with Gasteiger partial charge in [0.1, 0.15) is 11.7 Å². The molecule has 28 heavy (non-hydrogen) atoms. The second-order valence-corrected chi connectivity index (χ2v) is 7.10. The number of aromatic nitrogens is 5. The Morgan fingerprint density at radius 2 is 2.04 bits per heavy atom. The maximum absolute atomic E-state index is 12.8. The fourth-order valence-corrected chi connectivity index (χ4v) is 3.67. The van der Waals surface area contributed by atoms with Gasteiger partial charge in [-0.3, -0.25) is 14.9 Å². The highest BCUT2D eigenvalue weighted by Crippen LogP contribution is 2.37. The Hall–Kier alpha value is -3.29. The first kappa shape index (κ1) is 18.1. The van der Waals surface area contributed by atoms with Crippen molar-refractivity contribution >= 4 is 17.4 Å². The van der Waals surface area contributed by atoms with Crippen LogP contribution in [0.3, 0.4) is 0 Å². The SMILES string of the molecule is CCC1C(=O)N(C)c2cnc(-c3cn[nH]c3-c3ccccn3)nc2N1C(C)C. The van der Waals surface area contributed by atoms with Gasteiger partial charge in [0.15, 0.2) is 11.6 Å². The van der Waals surface area contributed by atoms with Crippen molar-refractivity contribution in [1.29, 1.82) is 0 Å². The molecule has 0 aliphatic carbocycles. The predicted octanol–water partition coefficient (Wildman–Crippen LogP) is 2.90. The van der Waals surface area contributed by atoms with Crippen LogP contribution in [0.5, 0.6) is 0 Å². The number of amides is 1. The average molecular weight is 377 g/mol. The summed E-state index contributed by atoms with van der Waals surface area (Å²) in [6.45, 7) is 6.17. The Labute approximate surface area is 163 Å². The topological polar surface area (TPSA) is 90.9 Å². The van der Waals surface area contributed by atoms with Gasteiger partial charge in [-0.2, -0.15) is 5.10 Å². The molecule has 3 aromatic rings. The van der Waals surface area contributed by atoms with Crippen molar-refractivity contribution in [2.45, 2.75) is 39.3 Å². The third-order valence-corrected chi connectivity index (χ3v) is 5.05. The first-order valence-corrected chi connectivity index (χ1v) is 9.41. The second kappa shape index (κ2) is 7.03. The Morgan fingerprint density at radius 1 is 1.21 bits per heavy atom. The summed E-state index contributed by atoms with van der Waals surface area (Å²) >= 11 is 0. The van der Waals surface area contributed by atoms with Gasteiger partial charge in [0.2, 0.25) is 5.91 Å². The van der Waals surface area contributed by atoms with E-state index in [1.807, 2.05) is 25.1 Å². The lowest BCUT2D eigenvalue weighted by Gasteiger charge is -2.42. The number of H-pyrrole nitrogens is 1. The van der Waals surface area contributed by atoms with E-state index in [1.165, 1.54) is 0 Å².